The molecule has 2 aliphatic heterocycles. The van der Waals surface area contributed by atoms with Crippen molar-refractivity contribution >= 4 is 11.6 Å². The molecular formula is C19H28N6O. The van der Waals surface area contributed by atoms with Crippen molar-refractivity contribution in [1.29, 1.82) is 0 Å². The van der Waals surface area contributed by atoms with E-state index in [0.717, 1.165) is 63.5 Å². The topological polar surface area (TPSA) is 70.3 Å². The summed E-state index contributed by atoms with van der Waals surface area (Å²) in [6, 6.07) is 2.12. The van der Waals surface area contributed by atoms with Gasteiger partial charge in [-0.15, -0.1) is 0 Å². The highest BCUT2D eigenvalue weighted by atomic mass is 16.3. The van der Waals surface area contributed by atoms with Crippen LogP contribution in [0.5, 0.6) is 0 Å². The SMILES string of the molecule is Cn1cc(C2CCN(c3cc(N4CCCC(CO)C4)ncn3)CC2)cn1. The molecule has 4 heterocycles. The van der Waals surface area contributed by atoms with Crippen LogP contribution in [0, 0.1) is 5.92 Å². The molecule has 26 heavy (non-hydrogen) atoms. The van der Waals surface area contributed by atoms with Gasteiger partial charge in [-0.1, -0.05) is 0 Å². The van der Waals surface area contributed by atoms with Crippen molar-refractivity contribution < 1.29 is 5.11 Å². The minimum atomic E-state index is 0.260. The molecule has 1 unspecified atom stereocenters. The number of aliphatic hydroxyl groups is 1. The fourth-order valence-electron chi connectivity index (χ4n) is 4.20. The normalized spacial score (nSPS) is 22.0. The van der Waals surface area contributed by atoms with E-state index in [0.29, 0.717) is 11.8 Å². The van der Waals surface area contributed by atoms with Gasteiger partial charge in [-0.05, 0) is 43.1 Å². The molecule has 0 spiro atoms. The molecule has 1 atom stereocenters. The average molecular weight is 356 g/mol. The van der Waals surface area contributed by atoms with E-state index in [1.165, 1.54) is 5.56 Å². The fraction of sp³-hybridized carbons (Fsp3) is 0.632. The van der Waals surface area contributed by atoms with E-state index in [-0.39, 0.29) is 6.61 Å². The monoisotopic (exact) mass is 356 g/mol. The molecule has 0 aromatic carbocycles. The van der Waals surface area contributed by atoms with Crippen LogP contribution in [0.3, 0.4) is 0 Å². The molecule has 0 bridgehead atoms. The minimum Gasteiger partial charge on any atom is -0.396 e. The highest BCUT2D eigenvalue weighted by Gasteiger charge is 2.24. The van der Waals surface area contributed by atoms with E-state index in [4.69, 9.17) is 0 Å². The van der Waals surface area contributed by atoms with Crippen molar-refractivity contribution in [3.05, 3.63) is 30.4 Å². The number of hydrogen-bond acceptors (Lipinski definition) is 6. The van der Waals surface area contributed by atoms with Gasteiger partial charge in [0.15, 0.2) is 0 Å². The average Bonchev–Trinajstić information content (AvgIpc) is 3.14. The lowest BCUT2D eigenvalue weighted by molar-refractivity contribution is 0.208. The van der Waals surface area contributed by atoms with Gasteiger partial charge < -0.3 is 14.9 Å². The summed E-state index contributed by atoms with van der Waals surface area (Å²) in [5.74, 6) is 2.96. The Labute approximate surface area is 154 Å². The van der Waals surface area contributed by atoms with Crippen LogP contribution in [0.2, 0.25) is 0 Å². The Bertz CT molecular complexity index is 724. The van der Waals surface area contributed by atoms with Crippen LogP contribution in [0.1, 0.15) is 37.2 Å². The molecule has 2 aromatic rings. The predicted molar refractivity (Wildman–Crippen MR) is 101 cm³/mol. The molecule has 4 rings (SSSR count). The summed E-state index contributed by atoms with van der Waals surface area (Å²) < 4.78 is 1.89. The minimum absolute atomic E-state index is 0.260. The van der Waals surface area contributed by atoms with Crippen LogP contribution in [0.25, 0.3) is 0 Å². The van der Waals surface area contributed by atoms with E-state index < -0.39 is 0 Å². The van der Waals surface area contributed by atoms with E-state index in [1.54, 1.807) is 6.33 Å². The van der Waals surface area contributed by atoms with Crippen LogP contribution >= 0.6 is 0 Å². The fourth-order valence-corrected chi connectivity index (χ4v) is 4.20. The summed E-state index contributed by atoms with van der Waals surface area (Å²) in [6.45, 7) is 4.17. The zero-order valence-corrected chi connectivity index (χ0v) is 15.5. The first kappa shape index (κ1) is 17.3. The number of rotatable bonds is 4. The van der Waals surface area contributed by atoms with E-state index in [1.807, 2.05) is 17.9 Å². The van der Waals surface area contributed by atoms with Crippen LogP contribution in [0.15, 0.2) is 24.8 Å². The lowest BCUT2D eigenvalue weighted by atomic mass is 9.91. The van der Waals surface area contributed by atoms with Gasteiger partial charge in [0.1, 0.15) is 18.0 Å². The van der Waals surface area contributed by atoms with Crippen molar-refractivity contribution in [2.75, 3.05) is 42.6 Å². The molecule has 7 nitrogen and oxygen atoms in total. The Morgan fingerprint density at radius 1 is 1.08 bits per heavy atom. The third kappa shape index (κ3) is 3.67. The summed E-state index contributed by atoms with van der Waals surface area (Å²) in [4.78, 5) is 13.7. The van der Waals surface area contributed by atoms with Gasteiger partial charge in [-0.2, -0.15) is 5.10 Å². The first-order valence-corrected chi connectivity index (χ1v) is 9.64. The second-order valence-corrected chi connectivity index (χ2v) is 7.58. The third-order valence-corrected chi connectivity index (χ3v) is 5.75. The van der Waals surface area contributed by atoms with Crippen molar-refractivity contribution in [2.24, 2.45) is 13.0 Å². The molecule has 2 fully saturated rings. The standard InChI is InChI=1S/C19H28N6O/c1-23-12-17(10-22-23)16-4-7-24(8-5-16)18-9-19(21-14-20-18)25-6-2-3-15(11-25)13-26/h9-10,12,14-16,26H,2-8,11,13H2,1H3. The van der Waals surface area contributed by atoms with Crippen LogP contribution in [0.4, 0.5) is 11.6 Å². The lowest BCUT2D eigenvalue weighted by Crippen LogP contribution is -2.38. The highest BCUT2D eigenvalue weighted by molar-refractivity contribution is 5.50. The summed E-state index contributed by atoms with van der Waals surface area (Å²) >= 11 is 0. The smallest absolute Gasteiger partial charge is 0.134 e. The Morgan fingerprint density at radius 2 is 1.85 bits per heavy atom. The van der Waals surface area contributed by atoms with Gasteiger partial charge in [-0.3, -0.25) is 4.68 Å². The van der Waals surface area contributed by atoms with E-state index in [2.05, 4.69) is 37.1 Å². The number of aliphatic hydroxyl groups excluding tert-OH is 1. The van der Waals surface area contributed by atoms with Gasteiger partial charge in [-0.25, -0.2) is 9.97 Å². The van der Waals surface area contributed by atoms with Gasteiger partial charge in [0, 0.05) is 52.1 Å². The Balaban J connectivity index is 1.41. The largest absolute Gasteiger partial charge is 0.396 e. The number of aryl methyl sites for hydroxylation is 1. The zero-order valence-electron chi connectivity index (χ0n) is 15.5. The summed E-state index contributed by atoms with van der Waals surface area (Å²) in [5.41, 5.74) is 1.35. The van der Waals surface area contributed by atoms with Crippen molar-refractivity contribution in [3.8, 4) is 0 Å². The summed E-state index contributed by atoms with van der Waals surface area (Å²) in [6.07, 6.45) is 10.3. The number of piperidine rings is 2. The third-order valence-electron chi connectivity index (χ3n) is 5.75. The highest BCUT2D eigenvalue weighted by Crippen LogP contribution is 2.30. The molecule has 0 radical (unpaired) electrons. The summed E-state index contributed by atoms with van der Waals surface area (Å²) in [5, 5.41) is 13.8. The molecule has 0 amide bonds. The molecule has 7 heteroatoms. The van der Waals surface area contributed by atoms with Crippen LogP contribution in [-0.2, 0) is 7.05 Å². The summed E-state index contributed by atoms with van der Waals surface area (Å²) in [7, 11) is 1.98. The Kier molecular flexibility index (Phi) is 5.06. The first-order chi connectivity index (χ1) is 12.7. The molecule has 0 saturated carbocycles. The van der Waals surface area contributed by atoms with E-state index in [9.17, 15) is 5.11 Å². The van der Waals surface area contributed by atoms with Gasteiger partial charge in [0.25, 0.3) is 0 Å². The van der Waals surface area contributed by atoms with Crippen molar-refractivity contribution in [1.82, 2.24) is 19.7 Å². The maximum absolute atomic E-state index is 9.46. The van der Waals surface area contributed by atoms with Gasteiger partial charge in [0.05, 0.1) is 6.20 Å². The zero-order chi connectivity index (χ0) is 17.9. The number of aromatic nitrogens is 4. The first-order valence-electron chi connectivity index (χ1n) is 9.64. The van der Waals surface area contributed by atoms with Gasteiger partial charge >= 0.3 is 0 Å². The Morgan fingerprint density at radius 3 is 2.54 bits per heavy atom. The van der Waals surface area contributed by atoms with Gasteiger partial charge in [0.2, 0.25) is 0 Å². The quantitative estimate of drug-likeness (QED) is 0.901. The number of anilines is 2. The maximum atomic E-state index is 9.46. The van der Waals surface area contributed by atoms with Crippen molar-refractivity contribution in [2.45, 2.75) is 31.6 Å². The number of nitrogens with zero attached hydrogens (tertiary/aromatic N) is 6. The number of hydrogen-bond donors (Lipinski definition) is 1. The second-order valence-electron chi connectivity index (χ2n) is 7.58. The van der Waals surface area contributed by atoms with E-state index >= 15 is 0 Å². The van der Waals surface area contributed by atoms with Crippen molar-refractivity contribution in [3.63, 3.8) is 0 Å². The molecule has 2 aromatic heterocycles. The molecule has 2 aliphatic rings. The molecular weight excluding hydrogens is 328 g/mol. The van der Waals surface area contributed by atoms with Crippen LogP contribution in [-0.4, -0.2) is 57.6 Å². The molecule has 0 aliphatic carbocycles. The Hall–Kier alpha value is -2.15. The second kappa shape index (κ2) is 7.61. The molecule has 140 valence electrons. The maximum Gasteiger partial charge on any atom is 0.134 e. The van der Waals surface area contributed by atoms with Crippen LogP contribution < -0.4 is 9.80 Å². The predicted octanol–water partition coefficient (Wildman–Crippen LogP) is 1.80. The molecule has 2 saturated heterocycles. The molecule has 1 N–H and O–H groups in total. The lowest BCUT2D eigenvalue weighted by Gasteiger charge is -2.35.